The lowest BCUT2D eigenvalue weighted by Crippen LogP contribution is -2.35. The molecule has 0 bridgehead atoms. The number of amides is 1. The standard InChI is InChI=1S/C17H24N2O2/c1-4-14(3)13-19(5-2)17(21)16-10-9-15(12-18-16)8-6-7-11-20/h9-10,12,14,20H,4-5,7,11,13H2,1-3H3. The van der Waals surface area contributed by atoms with Gasteiger partial charge in [-0.15, -0.1) is 0 Å². The first-order valence-electron chi connectivity index (χ1n) is 7.47. The molecule has 114 valence electrons. The average molecular weight is 288 g/mol. The van der Waals surface area contributed by atoms with E-state index in [0.29, 0.717) is 24.6 Å². The van der Waals surface area contributed by atoms with Crippen molar-refractivity contribution >= 4 is 5.91 Å². The molecule has 0 saturated heterocycles. The van der Waals surface area contributed by atoms with Gasteiger partial charge in [-0.05, 0) is 25.0 Å². The van der Waals surface area contributed by atoms with Crippen LogP contribution in [0.3, 0.4) is 0 Å². The molecule has 1 aromatic rings. The summed E-state index contributed by atoms with van der Waals surface area (Å²) < 4.78 is 0. The summed E-state index contributed by atoms with van der Waals surface area (Å²) in [5.74, 6) is 6.18. The van der Waals surface area contributed by atoms with Crippen molar-refractivity contribution in [3.63, 3.8) is 0 Å². The molecule has 0 aliphatic carbocycles. The Morgan fingerprint density at radius 1 is 1.43 bits per heavy atom. The second-order valence-corrected chi connectivity index (χ2v) is 5.06. The molecular weight excluding hydrogens is 264 g/mol. The molecule has 1 aromatic heterocycles. The van der Waals surface area contributed by atoms with E-state index in [1.165, 1.54) is 0 Å². The van der Waals surface area contributed by atoms with Crippen molar-refractivity contribution in [3.05, 3.63) is 29.6 Å². The summed E-state index contributed by atoms with van der Waals surface area (Å²) in [6.45, 7) is 7.74. The number of carbonyl (C=O) groups excluding carboxylic acids is 1. The number of aliphatic hydroxyl groups excluding tert-OH is 1. The molecule has 1 atom stereocenters. The fourth-order valence-corrected chi connectivity index (χ4v) is 1.84. The topological polar surface area (TPSA) is 53.4 Å². The molecule has 0 fully saturated rings. The maximum absolute atomic E-state index is 12.4. The van der Waals surface area contributed by atoms with Crippen LogP contribution in [-0.4, -0.2) is 40.6 Å². The van der Waals surface area contributed by atoms with Crippen LogP contribution in [0.15, 0.2) is 18.3 Å². The number of aromatic nitrogens is 1. The summed E-state index contributed by atoms with van der Waals surface area (Å²) in [4.78, 5) is 18.4. The second-order valence-electron chi connectivity index (χ2n) is 5.06. The van der Waals surface area contributed by atoms with E-state index >= 15 is 0 Å². The molecule has 1 N–H and O–H groups in total. The summed E-state index contributed by atoms with van der Waals surface area (Å²) in [7, 11) is 0. The summed E-state index contributed by atoms with van der Waals surface area (Å²) in [5.41, 5.74) is 1.21. The van der Waals surface area contributed by atoms with Gasteiger partial charge in [-0.1, -0.05) is 32.1 Å². The van der Waals surface area contributed by atoms with E-state index < -0.39 is 0 Å². The highest BCUT2D eigenvalue weighted by Gasteiger charge is 2.17. The number of hydrogen-bond acceptors (Lipinski definition) is 3. The maximum Gasteiger partial charge on any atom is 0.272 e. The molecule has 0 radical (unpaired) electrons. The number of aliphatic hydroxyl groups is 1. The van der Waals surface area contributed by atoms with Crippen LogP contribution in [0.2, 0.25) is 0 Å². The Bertz CT molecular complexity index is 500. The summed E-state index contributed by atoms with van der Waals surface area (Å²) in [6, 6.07) is 3.51. The van der Waals surface area contributed by atoms with E-state index in [2.05, 4.69) is 30.7 Å². The van der Waals surface area contributed by atoms with Crippen LogP contribution in [0.4, 0.5) is 0 Å². The highest BCUT2D eigenvalue weighted by atomic mass is 16.2. The largest absolute Gasteiger partial charge is 0.395 e. The number of carbonyl (C=O) groups is 1. The van der Waals surface area contributed by atoms with Gasteiger partial charge in [0.15, 0.2) is 0 Å². The molecule has 1 heterocycles. The lowest BCUT2D eigenvalue weighted by atomic mass is 10.1. The lowest BCUT2D eigenvalue weighted by molar-refractivity contribution is 0.0735. The van der Waals surface area contributed by atoms with E-state index in [1.54, 1.807) is 18.3 Å². The molecular formula is C17H24N2O2. The molecule has 0 spiro atoms. The van der Waals surface area contributed by atoms with Crippen molar-refractivity contribution in [2.24, 2.45) is 5.92 Å². The molecule has 1 rings (SSSR count). The van der Waals surface area contributed by atoms with Crippen molar-refractivity contribution in [2.45, 2.75) is 33.6 Å². The van der Waals surface area contributed by atoms with Crippen molar-refractivity contribution in [2.75, 3.05) is 19.7 Å². The minimum atomic E-state index is -0.0346. The quantitative estimate of drug-likeness (QED) is 0.817. The number of rotatable bonds is 6. The number of hydrogen-bond donors (Lipinski definition) is 1. The van der Waals surface area contributed by atoms with Gasteiger partial charge in [0, 0.05) is 31.3 Å². The summed E-state index contributed by atoms with van der Waals surface area (Å²) >= 11 is 0. The summed E-state index contributed by atoms with van der Waals surface area (Å²) in [6.07, 6.45) is 3.10. The molecule has 1 amide bonds. The minimum Gasteiger partial charge on any atom is -0.395 e. The predicted molar refractivity (Wildman–Crippen MR) is 83.9 cm³/mol. The second kappa shape index (κ2) is 9.15. The molecule has 4 nitrogen and oxygen atoms in total. The zero-order valence-corrected chi connectivity index (χ0v) is 13.1. The molecule has 0 aromatic carbocycles. The minimum absolute atomic E-state index is 0.0346. The highest BCUT2D eigenvalue weighted by Crippen LogP contribution is 2.09. The fraction of sp³-hybridized carbons (Fsp3) is 0.529. The van der Waals surface area contributed by atoms with Gasteiger partial charge < -0.3 is 10.0 Å². The molecule has 0 aliphatic heterocycles. The van der Waals surface area contributed by atoms with E-state index in [-0.39, 0.29) is 12.5 Å². The van der Waals surface area contributed by atoms with Crippen molar-refractivity contribution in [3.8, 4) is 11.8 Å². The average Bonchev–Trinajstić information content (AvgIpc) is 2.52. The Hall–Kier alpha value is -1.86. The third-order valence-corrected chi connectivity index (χ3v) is 3.35. The van der Waals surface area contributed by atoms with Gasteiger partial charge in [0.1, 0.15) is 5.69 Å². The van der Waals surface area contributed by atoms with Gasteiger partial charge in [0.2, 0.25) is 0 Å². The number of pyridine rings is 1. The molecule has 0 saturated carbocycles. The van der Waals surface area contributed by atoms with Gasteiger partial charge in [-0.25, -0.2) is 4.98 Å². The van der Waals surface area contributed by atoms with Gasteiger partial charge in [0.25, 0.3) is 5.91 Å². The first-order chi connectivity index (χ1) is 10.1. The maximum atomic E-state index is 12.4. The predicted octanol–water partition coefficient (Wildman–Crippen LogP) is 2.32. The highest BCUT2D eigenvalue weighted by molar-refractivity contribution is 5.92. The van der Waals surface area contributed by atoms with Crippen LogP contribution in [0.25, 0.3) is 0 Å². The molecule has 4 heteroatoms. The zero-order chi connectivity index (χ0) is 15.7. The van der Waals surface area contributed by atoms with Crippen molar-refractivity contribution in [1.29, 1.82) is 0 Å². The van der Waals surface area contributed by atoms with Gasteiger partial charge >= 0.3 is 0 Å². The molecule has 1 unspecified atom stereocenters. The van der Waals surface area contributed by atoms with Crippen LogP contribution in [0, 0.1) is 17.8 Å². The fourth-order valence-electron chi connectivity index (χ4n) is 1.84. The molecule has 21 heavy (non-hydrogen) atoms. The van der Waals surface area contributed by atoms with Crippen LogP contribution >= 0.6 is 0 Å². The first-order valence-corrected chi connectivity index (χ1v) is 7.47. The lowest BCUT2D eigenvalue weighted by Gasteiger charge is -2.23. The Morgan fingerprint density at radius 2 is 2.19 bits per heavy atom. The van der Waals surface area contributed by atoms with Crippen LogP contribution < -0.4 is 0 Å². The zero-order valence-electron chi connectivity index (χ0n) is 13.1. The van der Waals surface area contributed by atoms with Crippen molar-refractivity contribution in [1.82, 2.24) is 9.88 Å². The van der Waals surface area contributed by atoms with E-state index in [0.717, 1.165) is 18.5 Å². The van der Waals surface area contributed by atoms with E-state index in [1.807, 2.05) is 11.8 Å². The Morgan fingerprint density at radius 3 is 2.71 bits per heavy atom. The smallest absolute Gasteiger partial charge is 0.272 e. The van der Waals surface area contributed by atoms with Crippen LogP contribution in [0.5, 0.6) is 0 Å². The third kappa shape index (κ3) is 5.57. The monoisotopic (exact) mass is 288 g/mol. The molecule has 0 aliphatic rings. The van der Waals surface area contributed by atoms with Gasteiger partial charge in [-0.2, -0.15) is 0 Å². The summed E-state index contributed by atoms with van der Waals surface area (Å²) in [5, 5.41) is 8.67. The van der Waals surface area contributed by atoms with Gasteiger partial charge in [0.05, 0.1) is 6.61 Å². The Labute approximate surface area is 127 Å². The third-order valence-electron chi connectivity index (χ3n) is 3.35. The Balaban J connectivity index is 2.76. The van der Waals surface area contributed by atoms with E-state index in [9.17, 15) is 4.79 Å². The van der Waals surface area contributed by atoms with Crippen LogP contribution in [-0.2, 0) is 0 Å². The SMILES string of the molecule is CCC(C)CN(CC)C(=O)c1ccc(C#CCCO)cn1. The normalized spacial score (nSPS) is 11.4. The van der Waals surface area contributed by atoms with Crippen LogP contribution in [0.1, 0.15) is 49.7 Å². The van der Waals surface area contributed by atoms with Crippen molar-refractivity contribution < 1.29 is 9.90 Å². The van der Waals surface area contributed by atoms with Gasteiger partial charge in [-0.3, -0.25) is 4.79 Å². The Kier molecular flexibility index (Phi) is 7.49. The van der Waals surface area contributed by atoms with E-state index in [4.69, 9.17) is 5.11 Å². The number of nitrogens with zero attached hydrogens (tertiary/aromatic N) is 2. The first kappa shape index (κ1) is 17.2.